The highest BCUT2D eigenvalue weighted by Crippen LogP contribution is 2.44. The fourth-order valence-corrected chi connectivity index (χ4v) is 10.1. The van der Waals surface area contributed by atoms with E-state index in [0.29, 0.717) is 0 Å². The van der Waals surface area contributed by atoms with Crippen LogP contribution in [0.2, 0.25) is 0 Å². The smallest absolute Gasteiger partial charge is 0.137 e. The van der Waals surface area contributed by atoms with Crippen LogP contribution in [0, 0.1) is 0 Å². The summed E-state index contributed by atoms with van der Waals surface area (Å²) in [6.45, 7) is 0. The lowest BCUT2D eigenvalue weighted by Crippen LogP contribution is -2.10. The average molecular weight is 803 g/mol. The van der Waals surface area contributed by atoms with Gasteiger partial charge < -0.3 is 13.9 Å². The van der Waals surface area contributed by atoms with Gasteiger partial charge in [-0.2, -0.15) is 0 Å². The van der Waals surface area contributed by atoms with Crippen molar-refractivity contribution >= 4 is 93.1 Å². The molecule has 0 spiro atoms. The number of nitrogens with zero attached hydrogens (tertiary/aromatic N) is 2. The van der Waals surface area contributed by atoms with Crippen molar-refractivity contribution in [1.29, 1.82) is 0 Å². The SMILES string of the molecule is c1ccc(-c2ccc3c(c2)c2cc(-c4ccc(N(c5ccccc5)c5cccc6oc7ccccc7c56)cc4)ccc2n3-c2ccc3c4ccccc4c4ccccc4c3c2)cc1. The predicted molar refractivity (Wildman–Crippen MR) is 266 cm³/mol. The Balaban J connectivity index is 0.978. The number of para-hydroxylation sites is 2. The Bertz CT molecular complexity index is 3860. The van der Waals surface area contributed by atoms with Gasteiger partial charge in [-0.1, -0.05) is 152 Å². The number of hydrogen-bond acceptors (Lipinski definition) is 2. The second-order valence-corrected chi connectivity index (χ2v) is 16.5. The summed E-state index contributed by atoms with van der Waals surface area (Å²) in [5.74, 6) is 0. The van der Waals surface area contributed by atoms with E-state index < -0.39 is 0 Å². The maximum Gasteiger partial charge on any atom is 0.137 e. The van der Waals surface area contributed by atoms with Gasteiger partial charge in [0, 0.05) is 33.2 Å². The first-order chi connectivity index (χ1) is 31.2. The molecule has 0 bridgehead atoms. The molecule has 0 saturated heterocycles. The van der Waals surface area contributed by atoms with Crippen LogP contribution in [-0.2, 0) is 0 Å². The highest BCUT2D eigenvalue weighted by Gasteiger charge is 2.20. The second-order valence-electron chi connectivity index (χ2n) is 16.5. The third-order valence-electron chi connectivity index (χ3n) is 13.0. The summed E-state index contributed by atoms with van der Waals surface area (Å²) >= 11 is 0. The van der Waals surface area contributed by atoms with Crippen LogP contribution in [0.25, 0.3) is 104 Å². The van der Waals surface area contributed by atoms with Crippen molar-refractivity contribution in [3.63, 3.8) is 0 Å². The number of aromatic nitrogens is 1. The third-order valence-corrected chi connectivity index (χ3v) is 13.0. The molecule has 3 heteroatoms. The molecule has 0 atom stereocenters. The Hall–Kier alpha value is -8.40. The maximum absolute atomic E-state index is 6.34. The van der Waals surface area contributed by atoms with Crippen molar-refractivity contribution in [2.24, 2.45) is 0 Å². The predicted octanol–water partition coefficient (Wildman–Crippen LogP) is 16.9. The number of furan rings is 1. The molecule has 0 aliphatic heterocycles. The van der Waals surface area contributed by atoms with E-state index in [-0.39, 0.29) is 0 Å². The van der Waals surface area contributed by atoms with Crippen LogP contribution in [0.4, 0.5) is 17.1 Å². The molecule has 0 amide bonds. The summed E-state index contributed by atoms with van der Waals surface area (Å²) in [5.41, 5.74) is 13.2. The lowest BCUT2D eigenvalue weighted by molar-refractivity contribution is 0.669. The maximum atomic E-state index is 6.34. The Kier molecular flexibility index (Phi) is 7.91. The van der Waals surface area contributed by atoms with Crippen LogP contribution in [0.3, 0.4) is 0 Å². The Morgan fingerprint density at radius 2 is 0.794 bits per heavy atom. The first kappa shape index (κ1) is 35.4. The standard InChI is InChI=1S/C60H38N2O/c1-3-14-39(15-4-1)41-28-34-55-53(36-41)54-37-42(29-35-56(54)62(55)45-32-33-50-48-20-8-7-18-46(48)47-19-9-10-21-49(47)52(50)38-45)40-26-30-44(31-27-40)61(43-16-5-2-6-17-43)57-23-13-25-59-60(57)51-22-11-12-24-58(51)63-59/h1-38H. The lowest BCUT2D eigenvalue weighted by Gasteiger charge is -2.26. The van der Waals surface area contributed by atoms with E-state index in [9.17, 15) is 0 Å². The normalized spacial score (nSPS) is 11.8. The summed E-state index contributed by atoms with van der Waals surface area (Å²) in [4.78, 5) is 2.34. The zero-order chi connectivity index (χ0) is 41.4. The largest absolute Gasteiger partial charge is 0.456 e. The number of fused-ring (bicyclic) bond motifs is 12. The van der Waals surface area contributed by atoms with Gasteiger partial charge in [0.15, 0.2) is 0 Å². The molecule has 13 aromatic rings. The number of anilines is 3. The van der Waals surface area contributed by atoms with Crippen LogP contribution in [0.1, 0.15) is 0 Å². The fourth-order valence-electron chi connectivity index (χ4n) is 10.1. The third kappa shape index (κ3) is 5.60. The molecule has 0 unspecified atom stereocenters. The van der Waals surface area contributed by atoms with Gasteiger partial charge in [0.25, 0.3) is 0 Å². The monoisotopic (exact) mass is 802 g/mol. The van der Waals surface area contributed by atoms with Gasteiger partial charge in [-0.05, 0) is 133 Å². The van der Waals surface area contributed by atoms with Crippen LogP contribution in [0.15, 0.2) is 235 Å². The molecule has 294 valence electrons. The quantitative estimate of drug-likeness (QED) is 0.156. The summed E-state index contributed by atoms with van der Waals surface area (Å²) < 4.78 is 8.79. The molecule has 11 aromatic carbocycles. The minimum absolute atomic E-state index is 0.875. The molecule has 3 nitrogen and oxygen atoms in total. The Morgan fingerprint density at radius 1 is 0.302 bits per heavy atom. The van der Waals surface area contributed by atoms with E-state index in [1.165, 1.54) is 70.8 Å². The van der Waals surface area contributed by atoms with E-state index in [4.69, 9.17) is 4.42 Å². The van der Waals surface area contributed by atoms with Crippen molar-refractivity contribution in [1.82, 2.24) is 4.57 Å². The summed E-state index contributed by atoms with van der Waals surface area (Å²) in [6, 6.07) is 83.5. The molecule has 63 heavy (non-hydrogen) atoms. The van der Waals surface area contributed by atoms with Crippen molar-refractivity contribution in [3.8, 4) is 27.9 Å². The molecule has 0 aliphatic carbocycles. The molecular weight excluding hydrogens is 765 g/mol. The van der Waals surface area contributed by atoms with Crippen LogP contribution < -0.4 is 4.90 Å². The van der Waals surface area contributed by atoms with Crippen molar-refractivity contribution < 1.29 is 4.42 Å². The fraction of sp³-hybridized carbons (Fsp3) is 0. The zero-order valence-electron chi connectivity index (χ0n) is 34.2. The summed E-state index contributed by atoms with van der Waals surface area (Å²) in [6.07, 6.45) is 0. The van der Waals surface area contributed by atoms with Crippen molar-refractivity contribution in [2.75, 3.05) is 4.90 Å². The summed E-state index contributed by atoms with van der Waals surface area (Å²) in [7, 11) is 0. The first-order valence-corrected chi connectivity index (χ1v) is 21.6. The van der Waals surface area contributed by atoms with E-state index in [2.05, 4.69) is 228 Å². The second kappa shape index (κ2) is 14.1. The molecule has 2 heterocycles. The van der Waals surface area contributed by atoms with Gasteiger partial charge in [-0.3, -0.25) is 0 Å². The van der Waals surface area contributed by atoms with Crippen molar-refractivity contribution in [3.05, 3.63) is 231 Å². The van der Waals surface area contributed by atoms with Gasteiger partial charge in [-0.25, -0.2) is 0 Å². The molecule has 0 radical (unpaired) electrons. The molecule has 0 saturated carbocycles. The van der Waals surface area contributed by atoms with Gasteiger partial charge in [-0.15, -0.1) is 0 Å². The average Bonchev–Trinajstić information content (AvgIpc) is 3.90. The van der Waals surface area contributed by atoms with Gasteiger partial charge in [0.2, 0.25) is 0 Å². The molecule has 0 fully saturated rings. The van der Waals surface area contributed by atoms with E-state index in [1.54, 1.807) is 0 Å². The zero-order valence-corrected chi connectivity index (χ0v) is 34.2. The van der Waals surface area contributed by atoms with E-state index in [1.807, 2.05) is 12.1 Å². The first-order valence-electron chi connectivity index (χ1n) is 21.6. The van der Waals surface area contributed by atoms with Crippen LogP contribution in [-0.4, -0.2) is 4.57 Å². The van der Waals surface area contributed by atoms with Gasteiger partial charge >= 0.3 is 0 Å². The van der Waals surface area contributed by atoms with Crippen LogP contribution >= 0.6 is 0 Å². The number of benzene rings is 11. The summed E-state index contributed by atoms with van der Waals surface area (Å²) in [5, 5.41) is 12.3. The molecule has 0 N–H and O–H groups in total. The van der Waals surface area contributed by atoms with Crippen molar-refractivity contribution in [2.45, 2.75) is 0 Å². The number of rotatable bonds is 6. The van der Waals surface area contributed by atoms with Crippen LogP contribution in [0.5, 0.6) is 0 Å². The molecule has 0 aliphatic rings. The van der Waals surface area contributed by atoms with E-state index in [0.717, 1.165) is 50.3 Å². The minimum Gasteiger partial charge on any atom is -0.456 e. The topological polar surface area (TPSA) is 21.3 Å². The Morgan fingerprint density at radius 3 is 1.44 bits per heavy atom. The van der Waals surface area contributed by atoms with E-state index >= 15 is 0 Å². The molecule has 13 rings (SSSR count). The molecular formula is C60H38N2O. The van der Waals surface area contributed by atoms with Gasteiger partial charge in [0.1, 0.15) is 11.2 Å². The van der Waals surface area contributed by atoms with Gasteiger partial charge in [0.05, 0.1) is 22.1 Å². The minimum atomic E-state index is 0.875. The highest BCUT2D eigenvalue weighted by molar-refractivity contribution is 6.26. The highest BCUT2D eigenvalue weighted by atomic mass is 16.3. The lowest BCUT2D eigenvalue weighted by atomic mass is 9.94. The molecule has 2 aromatic heterocycles. The Labute approximate surface area is 363 Å². The number of hydrogen-bond donors (Lipinski definition) is 0.